The molecule has 1 aliphatic heterocycles. The maximum Gasteiger partial charge on any atom is 0.234 e. The normalized spacial score (nSPS) is 22.4. The molecule has 21 heavy (non-hydrogen) atoms. The van der Waals surface area contributed by atoms with Crippen molar-refractivity contribution in [1.29, 1.82) is 0 Å². The van der Waals surface area contributed by atoms with E-state index in [1.54, 1.807) is 0 Å². The maximum atomic E-state index is 5.63. The van der Waals surface area contributed by atoms with Gasteiger partial charge in [0.25, 0.3) is 0 Å². The Morgan fingerprint density at radius 1 is 1.33 bits per heavy atom. The second-order valence-corrected chi connectivity index (χ2v) is 6.66. The van der Waals surface area contributed by atoms with Crippen LogP contribution in [0.2, 0.25) is 0 Å². The van der Waals surface area contributed by atoms with Gasteiger partial charge < -0.3 is 9.84 Å². The van der Waals surface area contributed by atoms with E-state index in [9.17, 15) is 0 Å². The fraction of sp³-hybridized carbons (Fsp3) is 0.500. The van der Waals surface area contributed by atoms with Crippen molar-refractivity contribution in [2.24, 2.45) is 0 Å². The van der Waals surface area contributed by atoms with E-state index >= 15 is 0 Å². The minimum Gasteiger partial charge on any atom is -0.338 e. The summed E-state index contributed by atoms with van der Waals surface area (Å²) in [6.07, 6.45) is 4.49. The number of halogens is 1. The van der Waals surface area contributed by atoms with Crippen LogP contribution >= 0.6 is 15.9 Å². The SMILES string of the molecule is CCCC1(c2nc(-c3ccc(Br)cc3)no2)CCCNC1. The highest BCUT2D eigenvalue weighted by Crippen LogP contribution is 2.35. The number of benzene rings is 1. The Balaban J connectivity index is 1.90. The topological polar surface area (TPSA) is 51.0 Å². The van der Waals surface area contributed by atoms with Crippen molar-refractivity contribution in [1.82, 2.24) is 15.5 Å². The lowest BCUT2D eigenvalue weighted by atomic mass is 9.77. The summed E-state index contributed by atoms with van der Waals surface area (Å²) in [7, 11) is 0. The summed E-state index contributed by atoms with van der Waals surface area (Å²) in [5.41, 5.74) is 0.997. The van der Waals surface area contributed by atoms with Crippen molar-refractivity contribution in [3.63, 3.8) is 0 Å². The summed E-state index contributed by atoms with van der Waals surface area (Å²) < 4.78 is 6.68. The number of nitrogens with one attached hydrogen (secondary N) is 1. The molecule has 1 aromatic heterocycles. The van der Waals surface area contributed by atoms with E-state index in [-0.39, 0.29) is 5.41 Å². The zero-order chi connectivity index (χ0) is 14.7. The zero-order valence-electron chi connectivity index (χ0n) is 12.2. The lowest BCUT2D eigenvalue weighted by Gasteiger charge is -2.34. The highest BCUT2D eigenvalue weighted by molar-refractivity contribution is 9.10. The van der Waals surface area contributed by atoms with Crippen molar-refractivity contribution >= 4 is 15.9 Å². The standard InChI is InChI=1S/C16H20BrN3O/c1-2-8-16(9-3-10-18-11-16)15-19-14(20-21-15)12-4-6-13(17)7-5-12/h4-7,18H,2-3,8-11H2,1H3. The molecule has 1 N–H and O–H groups in total. The Morgan fingerprint density at radius 2 is 2.14 bits per heavy atom. The largest absolute Gasteiger partial charge is 0.338 e. The summed E-state index contributed by atoms with van der Waals surface area (Å²) in [6.45, 7) is 4.23. The van der Waals surface area contributed by atoms with E-state index in [0.29, 0.717) is 5.82 Å². The number of hydrogen-bond acceptors (Lipinski definition) is 4. The molecule has 5 heteroatoms. The molecule has 1 saturated heterocycles. The summed E-state index contributed by atoms with van der Waals surface area (Å²) in [4.78, 5) is 4.69. The van der Waals surface area contributed by atoms with Crippen LogP contribution in [-0.2, 0) is 5.41 Å². The van der Waals surface area contributed by atoms with Crippen LogP contribution in [-0.4, -0.2) is 23.2 Å². The number of rotatable bonds is 4. The van der Waals surface area contributed by atoms with Crippen LogP contribution < -0.4 is 5.32 Å². The van der Waals surface area contributed by atoms with Crippen molar-refractivity contribution in [2.75, 3.05) is 13.1 Å². The Bertz CT molecular complexity index is 582. The molecular formula is C16H20BrN3O. The highest BCUT2D eigenvalue weighted by atomic mass is 79.9. The van der Waals surface area contributed by atoms with Crippen molar-refractivity contribution in [3.8, 4) is 11.4 Å². The summed E-state index contributed by atoms with van der Waals surface area (Å²) in [5.74, 6) is 1.47. The first-order valence-electron chi connectivity index (χ1n) is 7.54. The molecule has 1 unspecified atom stereocenters. The zero-order valence-corrected chi connectivity index (χ0v) is 13.8. The van der Waals surface area contributed by atoms with E-state index < -0.39 is 0 Å². The Morgan fingerprint density at radius 3 is 2.81 bits per heavy atom. The van der Waals surface area contributed by atoms with E-state index in [0.717, 1.165) is 54.7 Å². The first-order chi connectivity index (χ1) is 10.2. The van der Waals surface area contributed by atoms with Gasteiger partial charge in [-0.3, -0.25) is 0 Å². The Hall–Kier alpha value is -1.20. The van der Waals surface area contributed by atoms with Gasteiger partial charge in [-0.05, 0) is 50.1 Å². The van der Waals surface area contributed by atoms with Crippen LogP contribution in [0.5, 0.6) is 0 Å². The van der Waals surface area contributed by atoms with E-state index in [2.05, 4.69) is 33.3 Å². The number of piperidine rings is 1. The molecule has 1 atom stereocenters. The predicted octanol–water partition coefficient (Wildman–Crippen LogP) is 3.92. The van der Waals surface area contributed by atoms with Crippen molar-refractivity contribution in [2.45, 2.75) is 38.0 Å². The fourth-order valence-corrected chi connectivity index (χ4v) is 3.37. The Kier molecular flexibility index (Phi) is 4.40. The Labute approximate surface area is 133 Å². The lowest BCUT2D eigenvalue weighted by Crippen LogP contribution is -2.43. The lowest BCUT2D eigenvalue weighted by molar-refractivity contribution is 0.213. The molecule has 2 heterocycles. The highest BCUT2D eigenvalue weighted by Gasteiger charge is 2.38. The van der Waals surface area contributed by atoms with Gasteiger partial charge in [-0.15, -0.1) is 0 Å². The summed E-state index contributed by atoms with van der Waals surface area (Å²) in [5, 5.41) is 7.67. The molecule has 0 saturated carbocycles. The van der Waals surface area contributed by atoms with Gasteiger partial charge in [0.1, 0.15) is 0 Å². The molecule has 112 valence electrons. The second-order valence-electron chi connectivity index (χ2n) is 5.74. The molecule has 1 aromatic carbocycles. The van der Waals surface area contributed by atoms with Crippen LogP contribution in [0.25, 0.3) is 11.4 Å². The van der Waals surface area contributed by atoms with E-state index in [4.69, 9.17) is 9.51 Å². The third kappa shape index (κ3) is 3.04. The van der Waals surface area contributed by atoms with Gasteiger partial charge in [-0.2, -0.15) is 4.98 Å². The van der Waals surface area contributed by atoms with Crippen molar-refractivity contribution in [3.05, 3.63) is 34.6 Å². The average molecular weight is 350 g/mol. The smallest absolute Gasteiger partial charge is 0.234 e. The fourth-order valence-electron chi connectivity index (χ4n) is 3.10. The minimum absolute atomic E-state index is 0.00755. The van der Waals surface area contributed by atoms with Crippen LogP contribution in [0, 0.1) is 0 Å². The molecule has 0 spiro atoms. The number of aromatic nitrogens is 2. The number of hydrogen-bond donors (Lipinski definition) is 1. The average Bonchev–Trinajstić information content (AvgIpc) is 3.00. The first-order valence-corrected chi connectivity index (χ1v) is 8.34. The number of nitrogens with zero attached hydrogens (tertiary/aromatic N) is 2. The van der Waals surface area contributed by atoms with Crippen LogP contribution in [0.15, 0.2) is 33.3 Å². The summed E-state index contributed by atoms with van der Waals surface area (Å²) >= 11 is 3.44. The third-order valence-corrected chi connectivity index (χ3v) is 4.71. The first kappa shape index (κ1) is 14.7. The molecule has 0 radical (unpaired) electrons. The van der Waals surface area contributed by atoms with Crippen LogP contribution in [0.3, 0.4) is 0 Å². The molecule has 2 aromatic rings. The molecular weight excluding hydrogens is 330 g/mol. The van der Waals surface area contributed by atoms with E-state index in [1.165, 1.54) is 0 Å². The molecule has 0 amide bonds. The maximum absolute atomic E-state index is 5.63. The predicted molar refractivity (Wildman–Crippen MR) is 86.1 cm³/mol. The van der Waals surface area contributed by atoms with Crippen molar-refractivity contribution < 1.29 is 4.52 Å². The molecule has 4 nitrogen and oxygen atoms in total. The molecule has 3 rings (SSSR count). The van der Waals surface area contributed by atoms with Gasteiger partial charge in [-0.25, -0.2) is 0 Å². The third-order valence-electron chi connectivity index (χ3n) is 4.18. The van der Waals surface area contributed by atoms with Gasteiger partial charge in [0, 0.05) is 16.6 Å². The minimum atomic E-state index is 0.00755. The van der Waals surface area contributed by atoms with Gasteiger partial charge in [0.15, 0.2) is 0 Å². The molecule has 1 fully saturated rings. The quantitative estimate of drug-likeness (QED) is 0.908. The van der Waals surface area contributed by atoms with Gasteiger partial charge in [-0.1, -0.05) is 34.4 Å². The summed E-state index contributed by atoms with van der Waals surface area (Å²) in [6, 6.07) is 8.00. The molecule has 1 aliphatic rings. The van der Waals surface area contributed by atoms with E-state index in [1.807, 2.05) is 24.3 Å². The van der Waals surface area contributed by atoms with Gasteiger partial charge in [0.05, 0.1) is 5.41 Å². The van der Waals surface area contributed by atoms with Crippen LogP contribution in [0.4, 0.5) is 0 Å². The molecule has 0 bridgehead atoms. The van der Waals surface area contributed by atoms with Crippen LogP contribution in [0.1, 0.15) is 38.5 Å². The van der Waals surface area contributed by atoms with Gasteiger partial charge >= 0.3 is 0 Å². The monoisotopic (exact) mass is 349 g/mol. The van der Waals surface area contributed by atoms with Gasteiger partial charge in [0.2, 0.25) is 11.7 Å². The molecule has 0 aliphatic carbocycles. The second kappa shape index (κ2) is 6.28.